The first-order chi connectivity index (χ1) is 13.4. The van der Waals surface area contributed by atoms with E-state index in [0.717, 1.165) is 0 Å². The highest BCUT2D eigenvalue weighted by molar-refractivity contribution is 7.85. The molecule has 0 aliphatic heterocycles. The fourth-order valence-electron chi connectivity index (χ4n) is 2.36. The molecule has 1 rings (SSSR count). The third kappa shape index (κ3) is 12.0. The minimum absolute atomic E-state index is 0.0878. The van der Waals surface area contributed by atoms with Gasteiger partial charge in [0.15, 0.2) is 0 Å². The number of aliphatic carboxylic acids is 1. The van der Waals surface area contributed by atoms with Crippen LogP contribution in [0.5, 0.6) is 5.75 Å². The summed E-state index contributed by atoms with van der Waals surface area (Å²) >= 11 is 0. The molecule has 29 heavy (non-hydrogen) atoms. The second-order valence-electron chi connectivity index (χ2n) is 7.58. The Balaban J connectivity index is 2.46. The third-order valence-corrected chi connectivity index (χ3v) is 4.47. The summed E-state index contributed by atoms with van der Waals surface area (Å²) in [7, 11) is -3.92. The van der Waals surface area contributed by atoms with Gasteiger partial charge in [-0.15, -0.1) is 0 Å². The monoisotopic (exact) mass is 431 g/mol. The van der Waals surface area contributed by atoms with Crippen molar-refractivity contribution in [1.82, 2.24) is 5.32 Å². The van der Waals surface area contributed by atoms with Crippen LogP contribution in [0.2, 0.25) is 0 Å². The summed E-state index contributed by atoms with van der Waals surface area (Å²) in [6.07, 6.45) is 0.901. The van der Waals surface area contributed by atoms with E-state index in [4.69, 9.17) is 14.0 Å². The van der Waals surface area contributed by atoms with E-state index in [2.05, 4.69) is 5.32 Å². The van der Waals surface area contributed by atoms with Crippen molar-refractivity contribution in [3.63, 3.8) is 0 Å². The zero-order valence-electron chi connectivity index (χ0n) is 16.9. The quantitative estimate of drug-likeness (QED) is 0.359. The fraction of sp³-hybridized carbons (Fsp3) is 0.579. The Morgan fingerprint density at radius 1 is 1.10 bits per heavy atom. The van der Waals surface area contributed by atoms with Gasteiger partial charge in [0.25, 0.3) is 10.1 Å². The van der Waals surface area contributed by atoms with Gasteiger partial charge in [0.05, 0.1) is 12.4 Å². The number of alkyl carbamates (subject to hydrolysis) is 1. The predicted molar refractivity (Wildman–Crippen MR) is 107 cm³/mol. The van der Waals surface area contributed by atoms with Crippen molar-refractivity contribution in [3.05, 3.63) is 29.8 Å². The largest absolute Gasteiger partial charge is 0.494 e. The van der Waals surface area contributed by atoms with Crippen LogP contribution in [-0.4, -0.2) is 54.1 Å². The molecular weight excluding hydrogens is 402 g/mol. The van der Waals surface area contributed by atoms with Gasteiger partial charge in [-0.2, -0.15) is 8.42 Å². The molecule has 0 saturated heterocycles. The minimum Gasteiger partial charge on any atom is -0.494 e. The smallest absolute Gasteiger partial charge is 0.408 e. The molecule has 1 aromatic carbocycles. The van der Waals surface area contributed by atoms with Crippen LogP contribution in [0, 0.1) is 0 Å². The van der Waals surface area contributed by atoms with Gasteiger partial charge in [-0.05, 0) is 57.7 Å². The molecule has 1 aromatic rings. The van der Waals surface area contributed by atoms with Crippen LogP contribution in [0.3, 0.4) is 0 Å². The molecule has 0 aromatic heterocycles. The zero-order chi connectivity index (χ0) is 22.1. The van der Waals surface area contributed by atoms with Gasteiger partial charge in [-0.3, -0.25) is 4.55 Å². The molecule has 0 aliphatic rings. The van der Waals surface area contributed by atoms with Crippen LogP contribution in [0.4, 0.5) is 4.79 Å². The van der Waals surface area contributed by atoms with Crippen LogP contribution in [0.25, 0.3) is 0 Å². The molecule has 0 radical (unpaired) electrons. The lowest BCUT2D eigenvalue weighted by Crippen LogP contribution is -2.44. The summed E-state index contributed by atoms with van der Waals surface area (Å²) < 4.78 is 40.5. The van der Waals surface area contributed by atoms with E-state index < -0.39 is 33.8 Å². The molecule has 10 heteroatoms. The normalized spacial score (nSPS) is 12.8. The average Bonchev–Trinajstić information content (AvgIpc) is 2.56. The standard InChI is InChI=1S/C19H29NO8S/c1-19(2,3)28-18(23)20-16(17(21)22)13-14-7-9-15(10-8-14)27-11-5-4-6-12-29(24,25)26/h7-10,16H,4-6,11-13H2,1-3H3,(H,20,23)(H,21,22)(H,24,25,26)/t16-/m0/s1. The lowest BCUT2D eigenvalue weighted by atomic mass is 10.1. The van der Waals surface area contributed by atoms with E-state index in [-0.39, 0.29) is 12.2 Å². The van der Waals surface area contributed by atoms with E-state index >= 15 is 0 Å². The van der Waals surface area contributed by atoms with Gasteiger partial charge in [0.2, 0.25) is 0 Å². The van der Waals surface area contributed by atoms with Crippen molar-refractivity contribution in [1.29, 1.82) is 0 Å². The number of amides is 1. The highest BCUT2D eigenvalue weighted by Gasteiger charge is 2.24. The maximum absolute atomic E-state index is 11.8. The van der Waals surface area contributed by atoms with E-state index in [1.807, 2.05) is 0 Å². The Labute approximate surface area is 171 Å². The van der Waals surface area contributed by atoms with Gasteiger partial charge >= 0.3 is 12.1 Å². The van der Waals surface area contributed by atoms with Gasteiger partial charge in [0, 0.05) is 6.42 Å². The number of unbranched alkanes of at least 4 members (excludes halogenated alkanes) is 2. The van der Waals surface area contributed by atoms with Crippen molar-refractivity contribution < 1.29 is 37.1 Å². The Morgan fingerprint density at radius 3 is 2.24 bits per heavy atom. The fourth-order valence-corrected chi connectivity index (χ4v) is 2.93. The number of hydrogen-bond acceptors (Lipinski definition) is 6. The maximum atomic E-state index is 11.8. The number of nitrogens with one attached hydrogen (secondary N) is 1. The summed E-state index contributed by atoms with van der Waals surface area (Å²) in [5, 5.41) is 11.7. The molecular formula is C19H29NO8S. The van der Waals surface area contributed by atoms with E-state index in [1.54, 1.807) is 45.0 Å². The second kappa shape index (κ2) is 11.0. The van der Waals surface area contributed by atoms with Crippen molar-refractivity contribution in [2.75, 3.05) is 12.4 Å². The van der Waals surface area contributed by atoms with E-state index in [0.29, 0.717) is 37.2 Å². The van der Waals surface area contributed by atoms with Crippen LogP contribution in [0.15, 0.2) is 24.3 Å². The third-order valence-electron chi connectivity index (χ3n) is 3.67. The highest BCUT2D eigenvalue weighted by atomic mass is 32.2. The van der Waals surface area contributed by atoms with Crippen molar-refractivity contribution in [3.8, 4) is 5.75 Å². The SMILES string of the molecule is CC(C)(C)OC(=O)N[C@@H](Cc1ccc(OCCCCCS(=O)(=O)O)cc1)C(=O)O. The minimum atomic E-state index is -3.92. The van der Waals surface area contributed by atoms with Gasteiger partial charge in [-0.25, -0.2) is 9.59 Å². The zero-order valence-corrected chi connectivity index (χ0v) is 17.7. The number of carboxylic acid groups (broad SMARTS) is 1. The Hall–Kier alpha value is -2.33. The van der Waals surface area contributed by atoms with Crippen molar-refractivity contribution >= 4 is 22.2 Å². The second-order valence-corrected chi connectivity index (χ2v) is 9.15. The van der Waals surface area contributed by atoms with Crippen LogP contribution >= 0.6 is 0 Å². The average molecular weight is 432 g/mol. The van der Waals surface area contributed by atoms with E-state index in [9.17, 15) is 23.1 Å². The van der Waals surface area contributed by atoms with Crippen LogP contribution < -0.4 is 10.1 Å². The highest BCUT2D eigenvalue weighted by Crippen LogP contribution is 2.15. The number of rotatable bonds is 11. The molecule has 9 nitrogen and oxygen atoms in total. The van der Waals surface area contributed by atoms with Gasteiger partial charge < -0.3 is 19.9 Å². The number of carboxylic acids is 1. The first kappa shape index (κ1) is 24.7. The van der Waals surface area contributed by atoms with Gasteiger partial charge in [0.1, 0.15) is 17.4 Å². The summed E-state index contributed by atoms with van der Waals surface area (Å²) in [4.78, 5) is 23.2. The molecule has 0 unspecified atom stereocenters. The lowest BCUT2D eigenvalue weighted by Gasteiger charge is -2.22. The molecule has 0 spiro atoms. The first-order valence-corrected chi connectivity index (χ1v) is 10.9. The summed E-state index contributed by atoms with van der Waals surface area (Å²) in [6, 6.07) is 5.68. The molecule has 0 bridgehead atoms. The molecule has 1 amide bonds. The number of carbonyl (C=O) groups is 2. The molecule has 0 heterocycles. The molecule has 1 atom stereocenters. The Bertz CT molecular complexity index is 768. The number of ether oxygens (including phenoxy) is 2. The Kier molecular flexibility index (Phi) is 9.38. The first-order valence-electron chi connectivity index (χ1n) is 9.25. The maximum Gasteiger partial charge on any atom is 0.408 e. The Morgan fingerprint density at radius 2 is 1.72 bits per heavy atom. The van der Waals surface area contributed by atoms with E-state index in [1.165, 1.54) is 0 Å². The topological polar surface area (TPSA) is 139 Å². The number of benzene rings is 1. The molecule has 0 saturated carbocycles. The molecule has 0 fully saturated rings. The summed E-state index contributed by atoms with van der Waals surface area (Å²) in [5.74, 6) is -0.833. The number of hydrogen-bond donors (Lipinski definition) is 3. The van der Waals surface area contributed by atoms with Gasteiger partial charge in [-0.1, -0.05) is 12.1 Å². The number of carbonyl (C=O) groups excluding carboxylic acids is 1. The van der Waals surface area contributed by atoms with Crippen LogP contribution in [0.1, 0.15) is 45.6 Å². The van der Waals surface area contributed by atoms with Crippen molar-refractivity contribution in [2.45, 2.75) is 58.1 Å². The predicted octanol–water partition coefficient (Wildman–Crippen LogP) is 2.64. The molecule has 164 valence electrons. The van der Waals surface area contributed by atoms with Crippen molar-refractivity contribution in [2.24, 2.45) is 0 Å². The lowest BCUT2D eigenvalue weighted by molar-refractivity contribution is -0.139. The molecule has 3 N–H and O–H groups in total. The molecule has 0 aliphatic carbocycles. The van der Waals surface area contributed by atoms with Crippen LogP contribution in [-0.2, 0) is 26.1 Å². The summed E-state index contributed by atoms with van der Waals surface area (Å²) in [6.45, 7) is 5.46. The summed E-state index contributed by atoms with van der Waals surface area (Å²) in [5.41, 5.74) is -0.0210.